The Bertz CT molecular complexity index is 1230. The third-order valence-corrected chi connectivity index (χ3v) is 4.98. The second-order valence-electron chi connectivity index (χ2n) is 6.49. The van der Waals surface area contributed by atoms with E-state index in [1.54, 1.807) is 13.0 Å². The molecule has 0 bridgehead atoms. The zero-order valence-corrected chi connectivity index (χ0v) is 16.7. The maximum absolute atomic E-state index is 12.8. The Morgan fingerprint density at radius 2 is 1.97 bits per heavy atom. The van der Waals surface area contributed by atoms with Crippen molar-refractivity contribution in [3.05, 3.63) is 53.5 Å². The van der Waals surface area contributed by atoms with E-state index in [1.807, 2.05) is 19.1 Å². The maximum atomic E-state index is 12.8. The fourth-order valence-electron chi connectivity index (χ4n) is 3.03. The van der Waals surface area contributed by atoms with Gasteiger partial charge in [-0.2, -0.15) is 13.5 Å². The van der Waals surface area contributed by atoms with Crippen LogP contribution in [0.15, 0.2) is 37.1 Å². The molecule has 30 heavy (non-hydrogen) atoms. The largest absolute Gasteiger partial charge is 0.480 e. The number of aromatic nitrogens is 6. The normalized spacial score (nSPS) is 12.5. The highest BCUT2D eigenvalue weighted by Gasteiger charge is 2.21. The molecule has 0 aliphatic heterocycles. The minimum absolute atomic E-state index is 0.0913. The first-order chi connectivity index (χ1) is 14.4. The predicted octanol–water partition coefficient (Wildman–Crippen LogP) is 4.36. The van der Waals surface area contributed by atoms with Crippen LogP contribution < -0.4 is 10.5 Å². The molecule has 8 nitrogen and oxygen atoms in total. The summed E-state index contributed by atoms with van der Waals surface area (Å²) in [5.74, 6) is 0.567. The summed E-state index contributed by atoms with van der Waals surface area (Å²) in [5, 5.41) is 4.77. The van der Waals surface area contributed by atoms with Crippen LogP contribution in [0.2, 0.25) is 5.02 Å². The van der Waals surface area contributed by atoms with E-state index in [4.69, 9.17) is 22.1 Å². The van der Waals surface area contributed by atoms with Crippen molar-refractivity contribution in [2.45, 2.75) is 26.5 Å². The quantitative estimate of drug-likeness (QED) is 0.500. The Morgan fingerprint density at radius 1 is 1.17 bits per heavy atom. The molecular weight excluding hydrogens is 416 g/mol. The first kappa shape index (κ1) is 19.9. The summed E-state index contributed by atoms with van der Waals surface area (Å²) in [6.07, 6.45) is 3.02. The summed E-state index contributed by atoms with van der Waals surface area (Å²) in [6, 6.07) is 5.49. The summed E-state index contributed by atoms with van der Waals surface area (Å²) < 4.78 is 31.9. The second kappa shape index (κ2) is 7.79. The molecule has 4 aromatic rings. The van der Waals surface area contributed by atoms with Crippen LogP contribution in [-0.2, 0) is 0 Å². The molecule has 3 aromatic heterocycles. The summed E-state index contributed by atoms with van der Waals surface area (Å²) >= 11 is 6.26. The fourth-order valence-corrected chi connectivity index (χ4v) is 3.21. The number of alkyl halides is 2. The summed E-state index contributed by atoms with van der Waals surface area (Å²) in [6.45, 7) is 0.726. The van der Waals surface area contributed by atoms with E-state index in [-0.39, 0.29) is 17.4 Å². The average Bonchev–Trinajstić information content (AvgIpc) is 3.21. The van der Waals surface area contributed by atoms with Gasteiger partial charge in [0, 0.05) is 10.6 Å². The lowest BCUT2D eigenvalue weighted by Crippen LogP contribution is -2.09. The molecule has 4 rings (SSSR count). The zero-order chi connectivity index (χ0) is 21.4. The molecule has 0 aliphatic rings. The van der Waals surface area contributed by atoms with Crippen molar-refractivity contribution in [3.63, 3.8) is 0 Å². The highest BCUT2D eigenvalue weighted by atomic mass is 35.5. The monoisotopic (exact) mass is 431 g/mol. The van der Waals surface area contributed by atoms with Gasteiger partial charge in [0.25, 0.3) is 0 Å². The van der Waals surface area contributed by atoms with Crippen LogP contribution in [0.4, 0.5) is 14.6 Å². The lowest BCUT2D eigenvalue weighted by atomic mass is 10.0. The molecule has 0 amide bonds. The van der Waals surface area contributed by atoms with Crippen LogP contribution >= 0.6 is 11.6 Å². The van der Waals surface area contributed by atoms with E-state index in [0.717, 1.165) is 17.5 Å². The number of pyridine rings is 1. The minimum atomic E-state index is -2.79. The van der Waals surface area contributed by atoms with Crippen molar-refractivity contribution in [2.24, 2.45) is 0 Å². The van der Waals surface area contributed by atoms with Crippen molar-refractivity contribution >= 4 is 28.3 Å². The van der Waals surface area contributed by atoms with Crippen molar-refractivity contribution in [3.8, 4) is 17.0 Å². The first-order valence-electron chi connectivity index (χ1n) is 8.87. The second-order valence-corrected chi connectivity index (χ2v) is 6.89. The van der Waals surface area contributed by atoms with E-state index in [2.05, 4.69) is 25.0 Å². The number of rotatable bonds is 5. The summed E-state index contributed by atoms with van der Waals surface area (Å²) in [5.41, 5.74) is 8.79. The third-order valence-electron chi connectivity index (χ3n) is 4.57. The van der Waals surface area contributed by atoms with Crippen LogP contribution in [0, 0.1) is 6.92 Å². The van der Waals surface area contributed by atoms with Crippen LogP contribution in [0.1, 0.15) is 31.0 Å². The van der Waals surface area contributed by atoms with Gasteiger partial charge in [0.2, 0.25) is 0 Å². The SMILES string of the molecule is Cc1c(Cl)cccc1-c1ncc(O[C@H](C)c2ncn(C(F)F)n2)c2c(N)ncnc12. The highest BCUT2D eigenvalue weighted by molar-refractivity contribution is 6.31. The zero-order valence-electron chi connectivity index (χ0n) is 15.9. The third kappa shape index (κ3) is 3.50. The molecule has 11 heteroatoms. The van der Waals surface area contributed by atoms with E-state index in [0.29, 0.717) is 26.3 Å². The fraction of sp³-hybridized carbons (Fsp3) is 0.211. The van der Waals surface area contributed by atoms with Crippen molar-refractivity contribution in [1.82, 2.24) is 29.7 Å². The topological polar surface area (TPSA) is 105 Å². The molecule has 1 aromatic carbocycles. The lowest BCUT2D eigenvalue weighted by molar-refractivity contribution is 0.0550. The first-order valence-corrected chi connectivity index (χ1v) is 9.25. The number of hydrogen-bond donors (Lipinski definition) is 1. The average molecular weight is 432 g/mol. The molecule has 0 fully saturated rings. The Hall–Kier alpha value is -3.40. The molecule has 2 N–H and O–H groups in total. The van der Waals surface area contributed by atoms with E-state index < -0.39 is 12.7 Å². The molecule has 154 valence electrons. The van der Waals surface area contributed by atoms with E-state index in [9.17, 15) is 8.78 Å². The number of nitrogens with two attached hydrogens (primary N) is 1. The Balaban J connectivity index is 1.79. The van der Waals surface area contributed by atoms with Gasteiger partial charge in [0.1, 0.15) is 24.0 Å². The molecule has 0 saturated heterocycles. The molecule has 0 unspecified atom stereocenters. The molecule has 0 aliphatic carbocycles. The van der Waals surface area contributed by atoms with Crippen LogP contribution in [0.25, 0.3) is 22.2 Å². The predicted molar refractivity (Wildman–Crippen MR) is 107 cm³/mol. The van der Waals surface area contributed by atoms with Crippen LogP contribution in [-0.4, -0.2) is 29.7 Å². The highest BCUT2D eigenvalue weighted by Crippen LogP contribution is 2.37. The van der Waals surface area contributed by atoms with Crippen LogP contribution in [0.3, 0.4) is 0 Å². The van der Waals surface area contributed by atoms with E-state index >= 15 is 0 Å². The van der Waals surface area contributed by atoms with Gasteiger partial charge in [-0.1, -0.05) is 23.7 Å². The number of nitrogen functional groups attached to an aromatic ring is 1. The number of anilines is 1. The van der Waals surface area contributed by atoms with Gasteiger partial charge in [-0.15, -0.1) is 5.10 Å². The number of hydrogen-bond acceptors (Lipinski definition) is 7. The number of nitrogens with zero attached hydrogens (tertiary/aromatic N) is 6. The number of ether oxygens (including phenoxy) is 1. The van der Waals surface area contributed by atoms with Gasteiger partial charge in [0.05, 0.1) is 17.3 Å². The Labute approximate surface area is 174 Å². The summed E-state index contributed by atoms with van der Waals surface area (Å²) in [7, 11) is 0. The van der Waals surface area contributed by atoms with Crippen LogP contribution in [0.5, 0.6) is 5.75 Å². The number of fused-ring (bicyclic) bond motifs is 1. The van der Waals surface area contributed by atoms with Gasteiger partial charge < -0.3 is 10.5 Å². The minimum Gasteiger partial charge on any atom is -0.480 e. The summed E-state index contributed by atoms with van der Waals surface area (Å²) in [4.78, 5) is 16.8. The van der Waals surface area contributed by atoms with Gasteiger partial charge in [0.15, 0.2) is 17.7 Å². The maximum Gasteiger partial charge on any atom is 0.334 e. The smallest absolute Gasteiger partial charge is 0.334 e. The van der Waals surface area contributed by atoms with Crippen molar-refractivity contribution in [1.29, 1.82) is 0 Å². The van der Waals surface area contributed by atoms with E-state index in [1.165, 1.54) is 12.5 Å². The number of benzene rings is 1. The molecule has 0 saturated carbocycles. The van der Waals surface area contributed by atoms with Crippen molar-refractivity contribution in [2.75, 3.05) is 5.73 Å². The standard InChI is InChI=1S/C19H16ClF2N7O/c1-9-11(4-3-5-12(9)20)15-16-14(17(23)26-7-25-16)13(6-24-15)30-10(2)18-27-8-29(28-18)19(21)22/h3-8,10,19H,1-2H3,(H2,23,25,26)/t10-/m1/s1. The van der Waals surface area contributed by atoms with Gasteiger partial charge in [-0.3, -0.25) is 4.98 Å². The molecule has 1 atom stereocenters. The number of halogens is 3. The molecule has 0 spiro atoms. The van der Waals surface area contributed by atoms with Crippen molar-refractivity contribution < 1.29 is 13.5 Å². The van der Waals surface area contributed by atoms with Gasteiger partial charge >= 0.3 is 6.55 Å². The van der Waals surface area contributed by atoms with Gasteiger partial charge in [-0.25, -0.2) is 15.0 Å². The molecule has 3 heterocycles. The van der Waals surface area contributed by atoms with Gasteiger partial charge in [-0.05, 0) is 25.5 Å². The molecule has 0 radical (unpaired) electrons. The Kier molecular flexibility index (Phi) is 5.17. The Morgan fingerprint density at radius 3 is 2.70 bits per heavy atom. The molecular formula is C19H16ClF2N7O. The lowest BCUT2D eigenvalue weighted by Gasteiger charge is -2.16.